The minimum absolute atomic E-state index is 0.0269. The van der Waals surface area contributed by atoms with Gasteiger partial charge >= 0.3 is 0 Å². The van der Waals surface area contributed by atoms with E-state index >= 15 is 0 Å². The van der Waals surface area contributed by atoms with Crippen molar-refractivity contribution in [1.82, 2.24) is 14.6 Å². The Kier molecular flexibility index (Phi) is 10.3. The molecule has 2 heterocycles. The number of hydrogen-bond acceptors (Lipinski definition) is 9. The fraction of sp³-hybridized carbons (Fsp3) is 0.605. The van der Waals surface area contributed by atoms with Crippen LogP contribution in [0, 0.1) is 28.1 Å². The molecule has 12 heteroatoms. The van der Waals surface area contributed by atoms with E-state index in [1.807, 2.05) is 59.7 Å². The first-order valence-electron chi connectivity index (χ1n) is 17.4. The third-order valence-electron chi connectivity index (χ3n) is 10.2. The summed E-state index contributed by atoms with van der Waals surface area (Å²) in [5.41, 5.74) is -2.12. The molecule has 1 aliphatic heterocycles. The Bertz CT molecular complexity index is 1790. The van der Waals surface area contributed by atoms with Gasteiger partial charge in [0.1, 0.15) is 17.6 Å². The number of fused-ring (bicyclic) bond motifs is 1. The maximum atomic E-state index is 14.6. The van der Waals surface area contributed by atoms with Gasteiger partial charge in [-0.25, -0.2) is 13.4 Å². The summed E-state index contributed by atoms with van der Waals surface area (Å²) < 4.78 is 39.4. The number of Topliss-reactive ketones (excluding diaryl/α,β-unsaturated/α-hetero) is 2. The predicted molar refractivity (Wildman–Crippen MR) is 190 cm³/mol. The number of ether oxygens (including phenoxy) is 2. The van der Waals surface area contributed by atoms with Crippen LogP contribution in [-0.2, 0) is 29.2 Å². The van der Waals surface area contributed by atoms with Gasteiger partial charge in [0.05, 0.1) is 30.4 Å². The Morgan fingerprint density at radius 3 is 2.40 bits per heavy atom. The topological polar surface area (TPSA) is 149 Å². The number of methoxy groups -OCH3 is 1. The average molecular weight is 710 g/mol. The number of amides is 2. The monoisotopic (exact) mass is 709 g/mol. The number of hydrogen-bond donors (Lipinski definition) is 1. The zero-order valence-corrected chi connectivity index (χ0v) is 31.1. The van der Waals surface area contributed by atoms with Crippen LogP contribution in [0.15, 0.2) is 43.1 Å². The van der Waals surface area contributed by atoms with Crippen molar-refractivity contribution in [3.05, 3.63) is 43.1 Å². The number of carbonyl (C=O) groups excluding carboxylic acids is 4. The number of benzene rings is 1. The summed E-state index contributed by atoms with van der Waals surface area (Å²) in [6, 6.07) is 6.39. The second-order valence-corrected chi connectivity index (χ2v) is 18.6. The first kappa shape index (κ1) is 37.5. The lowest BCUT2D eigenvalue weighted by molar-refractivity contribution is -0.146. The zero-order chi connectivity index (χ0) is 36.8. The highest BCUT2D eigenvalue weighted by Gasteiger charge is 2.61. The summed E-state index contributed by atoms with van der Waals surface area (Å²) in [5, 5.41) is 0.983. The number of nitrogens with zero attached hydrogens (tertiary/aromatic N) is 2. The molecular formula is C38H51N3O8S. The zero-order valence-electron chi connectivity index (χ0n) is 30.3. The maximum absolute atomic E-state index is 14.6. The average Bonchev–Trinajstić information content (AvgIpc) is 3.95. The van der Waals surface area contributed by atoms with Gasteiger partial charge in [-0.3, -0.25) is 23.9 Å². The molecule has 272 valence electrons. The quantitative estimate of drug-likeness (QED) is 0.254. The first-order chi connectivity index (χ1) is 23.3. The molecule has 1 aromatic heterocycles. The Morgan fingerprint density at radius 1 is 1.12 bits per heavy atom. The molecule has 2 saturated carbocycles. The van der Waals surface area contributed by atoms with E-state index in [-0.39, 0.29) is 61.0 Å². The van der Waals surface area contributed by atoms with Crippen molar-refractivity contribution in [2.45, 2.75) is 104 Å². The third-order valence-corrected chi connectivity index (χ3v) is 12.0. The van der Waals surface area contributed by atoms with E-state index in [4.69, 9.17) is 9.47 Å². The highest BCUT2D eigenvalue weighted by molar-refractivity contribution is 7.90. The molecule has 0 bridgehead atoms. The van der Waals surface area contributed by atoms with Crippen molar-refractivity contribution >= 4 is 44.2 Å². The van der Waals surface area contributed by atoms with Gasteiger partial charge in [-0.05, 0) is 65.7 Å². The lowest BCUT2D eigenvalue weighted by atomic mass is 9.75. The molecule has 1 aromatic carbocycles. The van der Waals surface area contributed by atoms with Crippen LogP contribution in [0.2, 0.25) is 0 Å². The summed E-state index contributed by atoms with van der Waals surface area (Å²) in [6.07, 6.45) is 4.07. The van der Waals surface area contributed by atoms with Gasteiger partial charge in [-0.1, -0.05) is 47.6 Å². The van der Waals surface area contributed by atoms with Crippen LogP contribution >= 0.6 is 0 Å². The molecule has 0 radical (unpaired) electrons. The predicted octanol–water partition coefficient (Wildman–Crippen LogP) is 5.41. The molecule has 2 aromatic rings. The van der Waals surface area contributed by atoms with Crippen molar-refractivity contribution < 1.29 is 37.1 Å². The van der Waals surface area contributed by atoms with Gasteiger partial charge in [0.2, 0.25) is 27.7 Å². The Labute approximate surface area is 295 Å². The fourth-order valence-electron chi connectivity index (χ4n) is 7.10. The van der Waals surface area contributed by atoms with Gasteiger partial charge in [-0.15, -0.1) is 6.58 Å². The van der Waals surface area contributed by atoms with E-state index in [0.29, 0.717) is 30.9 Å². The normalized spacial score (nSPS) is 24.4. The minimum atomic E-state index is -3.83. The smallest absolute Gasteiger partial charge is 0.240 e. The van der Waals surface area contributed by atoms with E-state index in [0.717, 1.165) is 10.8 Å². The molecule has 11 nitrogen and oxygen atoms in total. The molecule has 1 unspecified atom stereocenters. The van der Waals surface area contributed by atoms with E-state index in [1.165, 1.54) is 4.90 Å². The SMILES string of the molecule is C=C[C@@H]1C[C@]1(CC(=O)[C@@H]1CC(Oc2nccc3cc(OC)ccc23)CN1C(=O)[C@@H](CC(=O)CC(C)(C)C)C(C)(C)C)C(=O)NS(=O)(=O)C1CC1. The molecule has 2 amide bonds. The van der Waals surface area contributed by atoms with Gasteiger partial charge in [-0.2, -0.15) is 0 Å². The Morgan fingerprint density at radius 2 is 1.82 bits per heavy atom. The number of ketones is 2. The third kappa shape index (κ3) is 8.22. The number of allylic oxidation sites excluding steroid dienone is 1. The maximum Gasteiger partial charge on any atom is 0.240 e. The lowest BCUT2D eigenvalue weighted by Gasteiger charge is -2.35. The summed E-state index contributed by atoms with van der Waals surface area (Å²) >= 11 is 0. The van der Waals surface area contributed by atoms with Crippen molar-refractivity contribution in [3.63, 3.8) is 0 Å². The highest BCUT2D eigenvalue weighted by atomic mass is 32.2. The molecule has 3 aliphatic rings. The van der Waals surface area contributed by atoms with Crippen LogP contribution in [0.1, 0.15) is 86.5 Å². The van der Waals surface area contributed by atoms with Gasteiger partial charge in [0.25, 0.3) is 0 Å². The molecule has 50 heavy (non-hydrogen) atoms. The molecule has 5 rings (SSSR count). The second kappa shape index (κ2) is 13.7. The number of likely N-dealkylation sites (tertiary alicyclic amines) is 1. The highest BCUT2D eigenvalue weighted by Crippen LogP contribution is 2.57. The molecule has 1 N–H and O–H groups in total. The van der Waals surface area contributed by atoms with E-state index in [2.05, 4.69) is 16.3 Å². The molecule has 2 aliphatic carbocycles. The Balaban J connectivity index is 1.44. The number of sulfonamides is 1. The second-order valence-electron chi connectivity index (χ2n) is 16.6. The lowest BCUT2D eigenvalue weighted by Crippen LogP contribution is -2.48. The first-order valence-corrected chi connectivity index (χ1v) is 19.0. The number of pyridine rings is 1. The van der Waals surface area contributed by atoms with E-state index < -0.39 is 50.1 Å². The molecule has 1 saturated heterocycles. The molecule has 3 fully saturated rings. The Hall–Kier alpha value is -3.80. The summed E-state index contributed by atoms with van der Waals surface area (Å²) in [7, 11) is -2.25. The number of nitrogens with one attached hydrogen (secondary N) is 1. The van der Waals surface area contributed by atoms with Crippen LogP contribution in [-0.4, -0.2) is 72.7 Å². The van der Waals surface area contributed by atoms with Crippen LogP contribution in [0.5, 0.6) is 11.6 Å². The van der Waals surface area contributed by atoms with E-state index in [1.54, 1.807) is 25.4 Å². The van der Waals surface area contributed by atoms with Crippen molar-refractivity contribution in [3.8, 4) is 11.6 Å². The minimum Gasteiger partial charge on any atom is -0.497 e. The fourth-order valence-corrected chi connectivity index (χ4v) is 8.49. The summed E-state index contributed by atoms with van der Waals surface area (Å²) in [6.45, 7) is 15.5. The van der Waals surface area contributed by atoms with Crippen LogP contribution in [0.3, 0.4) is 0 Å². The van der Waals surface area contributed by atoms with Crippen molar-refractivity contribution in [2.75, 3.05) is 13.7 Å². The van der Waals surface area contributed by atoms with Crippen LogP contribution < -0.4 is 14.2 Å². The standard InChI is InChI=1S/C38H51N3O8S/c1-9-24-19-38(24,35(45)40-50(46,47)28-11-12-28)21-32(43)31-18-27(49-33-29-13-10-26(48-8)16-23(29)14-15-39-33)22-41(31)34(44)30(37(5,6)7)17-25(42)20-36(2,3)4/h9-10,13-16,24,27-28,30-31H,1,11-12,17-22H2,2-8H3,(H,40,45)/t24-,27?,30-,31+,38-/m1/s1. The van der Waals surface area contributed by atoms with Gasteiger partial charge in [0.15, 0.2) is 5.78 Å². The van der Waals surface area contributed by atoms with Crippen molar-refractivity contribution in [2.24, 2.45) is 28.1 Å². The van der Waals surface area contributed by atoms with Crippen LogP contribution in [0.4, 0.5) is 0 Å². The molecule has 5 atom stereocenters. The molecule has 0 spiro atoms. The summed E-state index contributed by atoms with van der Waals surface area (Å²) in [4.78, 5) is 61.6. The van der Waals surface area contributed by atoms with E-state index in [9.17, 15) is 27.6 Å². The number of carbonyl (C=O) groups is 4. The van der Waals surface area contributed by atoms with Crippen molar-refractivity contribution in [1.29, 1.82) is 0 Å². The largest absolute Gasteiger partial charge is 0.497 e. The number of aromatic nitrogens is 1. The number of rotatable bonds is 14. The van der Waals surface area contributed by atoms with Gasteiger partial charge in [0, 0.05) is 43.2 Å². The van der Waals surface area contributed by atoms with Crippen LogP contribution in [0.25, 0.3) is 10.8 Å². The summed E-state index contributed by atoms with van der Waals surface area (Å²) in [5.74, 6) is -1.50. The van der Waals surface area contributed by atoms with Gasteiger partial charge < -0.3 is 14.4 Å². The molecular weight excluding hydrogens is 658 g/mol.